The van der Waals surface area contributed by atoms with Gasteiger partial charge in [-0.3, -0.25) is 4.98 Å². The van der Waals surface area contributed by atoms with Crippen LogP contribution in [0.25, 0.3) is 0 Å². The predicted octanol–water partition coefficient (Wildman–Crippen LogP) is 3.22. The van der Waals surface area contributed by atoms with Crippen LogP contribution in [0.15, 0.2) is 41.1 Å². The van der Waals surface area contributed by atoms with Gasteiger partial charge in [0.2, 0.25) is 0 Å². The number of anilines is 1. The van der Waals surface area contributed by atoms with Crippen LogP contribution in [0.5, 0.6) is 5.75 Å². The fourth-order valence-electron chi connectivity index (χ4n) is 1.79. The minimum atomic E-state index is 0.795. The zero-order chi connectivity index (χ0) is 13.0. The van der Waals surface area contributed by atoms with Crippen molar-refractivity contribution in [2.75, 3.05) is 12.8 Å². The number of halogens is 1. The van der Waals surface area contributed by atoms with Gasteiger partial charge in [-0.2, -0.15) is 0 Å². The van der Waals surface area contributed by atoms with Crippen molar-refractivity contribution in [2.24, 2.45) is 0 Å². The largest absolute Gasteiger partial charge is 0.497 e. The molecule has 4 heteroatoms. The molecule has 0 unspecified atom stereocenters. The summed E-state index contributed by atoms with van der Waals surface area (Å²) >= 11 is 3.55. The van der Waals surface area contributed by atoms with E-state index in [1.807, 2.05) is 30.5 Å². The molecule has 18 heavy (non-hydrogen) atoms. The summed E-state index contributed by atoms with van der Waals surface area (Å²) in [5.74, 6) is 0.868. The van der Waals surface area contributed by atoms with Crippen LogP contribution in [0, 0.1) is 0 Å². The topological polar surface area (TPSA) is 48.1 Å². The number of nitrogens with two attached hydrogens (primary N) is 1. The number of pyridine rings is 1. The van der Waals surface area contributed by atoms with Crippen LogP contribution < -0.4 is 10.5 Å². The molecule has 0 saturated carbocycles. The van der Waals surface area contributed by atoms with Gasteiger partial charge in [0.1, 0.15) is 5.75 Å². The van der Waals surface area contributed by atoms with Gasteiger partial charge in [0.05, 0.1) is 7.11 Å². The number of aromatic nitrogens is 1. The van der Waals surface area contributed by atoms with Gasteiger partial charge < -0.3 is 10.5 Å². The first-order valence-corrected chi connectivity index (χ1v) is 6.51. The highest BCUT2D eigenvalue weighted by Gasteiger charge is 2.04. The van der Waals surface area contributed by atoms with Crippen LogP contribution in [0.3, 0.4) is 0 Å². The van der Waals surface area contributed by atoms with Crippen LogP contribution in [-0.2, 0) is 12.8 Å². The minimum absolute atomic E-state index is 0.795. The van der Waals surface area contributed by atoms with E-state index in [0.29, 0.717) is 0 Å². The highest BCUT2D eigenvalue weighted by Crippen LogP contribution is 2.24. The van der Waals surface area contributed by atoms with Crippen molar-refractivity contribution in [1.82, 2.24) is 4.98 Å². The van der Waals surface area contributed by atoms with Crippen molar-refractivity contribution in [3.63, 3.8) is 0 Å². The minimum Gasteiger partial charge on any atom is -0.497 e. The second-order valence-corrected chi connectivity index (χ2v) is 4.89. The molecule has 1 aromatic carbocycles. The fraction of sp³-hybridized carbons (Fsp3) is 0.214. The molecule has 0 fully saturated rings. The van der Waals surface area contributed by atoms with E-state index in [4.69, 9.17) is 10.5 Å². The third-order valence-corrected chi connectivity index (χ3v) is 3.63. The Hall–Kier alpha value is -1.55. The van der Waals surface area contributed by atoms with Crippen LogP contribution in [-0.4, -0.2) is 12.1 Å². The molecule has 94 valence electrons. The second kappa shape index (κ2) is 5.87. The van der Waals surface area contributed by atoms with E-state index in [2.05, 4.69) is 20.9 Å². The normalized spacial score (nSPS) is 10.3. The Morgan fingerprint density at radius 2 is 2.00 bits per heavy atom. The van der Waals surface area contributed by atoms with E-state index in [0.717, 1.165) is 34.3 Å². The van der Waals surface area contributed by atoms with E-state index in [1.54, 1.807) is 13.3 Å². The molecule has 0 aliphatic heterocycles. The van der Waals surface area contributed by atoms with Crippen molar-refractivity contribution in [2.45, 2.75) is 12.8 Å². The van der Waals surface area contributed by atoms with E-state index >= 15 is 0 Å². The summed E-state index contributed by atoms with van der Waals surface area (Å²) in [6.07, 6.45) is 5.29. The maximum atomic E-state index is 5.90. The summed E-state index contributed by atoms with van der Waals surface area (Å²) in [4.78, 5) is 4.10. The molecule has 2 rings (SSSR count). The molecule has 1 heterocycles. The van der Waals surface area contributed by atoms with E-state index in [9.17, 15) is 0 Å². The quantitative estimate of drug-likeness (QED) is 0.943. The Kier molecular flexibility index (Phi) is 4.20. The highest BCUT2D eigenvalue weighted by atomic mass is 79.9. The molecule has 0 aliphatic rings. The summed E-state index contributed by atoms with van der Waals surface area (Å²) in [6, 6.07) is 7.80. The lowest BCUT2D eigenvalue weighted by Gasteiger charge is -2.08. The summed E-state index contributed by atoms with van der Waals surface area (Å²) in [5, 5.41) is 0. The summed E-state index contributed by atoms with van der Waals surface area (Å²) < 4.78 is 6.32. The van der Waals surface area contributed by atoms with Crippen LogP contribution in [0.2, 0.25) is 0 Å². The number of hydrogen-bond acceptors (Lipinski definition) is 3. The molecular formula is C14H15BrN2O. The smallest absolute Gasteiger partial charge is 0.119 e. The van der Waals surface area contributed by atoms with Gasteiger partial charge >= 0.3 is 0 Å². The van der Waals surface area contributed by atoms with Crippen LogP contribution in [0.4, 0.5) is 5.69 Å². The van der Waals surface area contributed by atoms with Crippen molar-refractivity contribution in [1.29, 1.82) is 0 Å². The van der Waals surface area contributed by atoms with Crippen molar-refractivity contribution >= 4 is 21.6 Å². The third-order valence-electron chi connectivity index (χ3n) is 2.86. The Morgan fingerprint density at radius 3 is 2.72 bits per heavy atom. The number of nitrogen functional groups attached to an aromatic ring is 1. The summed E-state index contributed by atoms with van der Waals surface area (Å²) in [6.45, 7) is 0. The first-order chi connectivity index (χ1) is 8.70. The fourth-order valence-corrected chi connectivity index (χ4v) is 2.23. The number of methoxy groups -OCH3 is 1. The third kappa shape index (κ3) is 3.01. The number of hydrogen-bond donors (Lipinski definition) is 1. The highest BCUT2D eigenvalue weighted by molar-refractivity contribution is 9.10. The summed E-state index contributed by atoms with van der Waals surface area (Å²) in [7, 11) is 1.67. The second-order valence-electron chi connectivity index (χ2n) is 4.03. The zero-order valence-electron chi connectivity index (χ0n) is 10.2. The van der Waals surface area contributed by atoms with Crippen LogP contribution in [0.1, 0.15) is 11.1 Å². The Balaban J connectivity index is 2.13. The van der Waals surface area contributed by atoms with E-state index in [-0.39, 0.29) is 0 Å². The first kappa shape index (κ1) is 12.9. The monoisotopic (exact) mass is 306 g/mol. The SMILES string of the molecule is COc1ccc(Br)c(CCc2cnccc2N)c1. The van der Waals surface area contributed by atoms with E-state index in [1.165, 1.54) is 5.56 Å². The molecule has 0 saturated heterocycles. The maximum Gasteiger partial charge on any atom is 0.119 e. The number of nitrogens with zero attached hydrogens (tertiary/aromatic N) is 1. The van der Waals surface area contributed by atoms with Crippen molar-refractivity contribution in [3.05, 3.63) is 52.3 Å². The number of ether oxygens (including phenoxy) is 1. The molecule has 0 amide bonds. The maximum absolute atomic E-state index is 5.90. The molecule has 1 aromatic heterocycles. The Morgan fingerprint density at radius 1 is 1.22 bits per heavy atom. The lowest BCUT2D eigenvalue weighted by atomic mass is 10.0. The van der Waals surface area contributed by atoms with Gasteiger partial charge in [0.15, 0.2) is 0 Å². The molecule has 3 nitrogen and oxygen atoms in total. The van der Waals surface area contributed by atoms with Gasteiger partial charge in [-0.05, 0) is 48.2 Å². The lowest BCUT2D eigenvalue weighted by Crippen LogP contribution is -1.98. The Labute approximate surface area is 115 Å². The van der Waals surface area contributed by atoms with E-state index < -0.39 is 0 Å². The zero-order valence-corrected chi connectivity index (χ0v) is 11.8. The van der Waals surface area contributed by atoms with Crippen molar-refractivity contribution in [3.8, 4) is 5.75 Å². The number of rotatable bonds is 4. The van der Waals surface area contributed by atoms with Gasteiger partial charge in [-0.1, -0.05) is 15.9 Å². The lowest BCUT2D eigenvalue weighted by molar-refractivity contribution is 0.414. The molecule has 0 bridgehead atoms. The average Bonchev–Trinajstić information content (AvgIpc) is 2.39. The molecule has 0 atom stereocenters. The number of aryl methyl sites for hydroxylation is 2. The molecule has 0 aliphatic carbocycles. The molecule has 0 radical (unpaired) electrons. The Bertz CT molecular complexity index is 543. The first-order valence-electron chi connectivity index (χ1n) is 5.71. The molecular weight excluding hydrogens is 292 g/mol. The average molecular weight is 307 g/mol. The van der Waals surface area contributed by atoms with Gasteiger partial charge in [-0.15, -0.1) is 0 Å². The molecule has 2 aromatic rings. The number of benzene rings is 1. The van der Waals surface area contributed by atoms with Gasteiger partial charge in [-0.25, -0.2) is 0 Å². The van der Waals surface area contributed by atoms with Crippen molar-refractivity contribution < 1.29 is 4.74 Å². The van der Waals surface area contributed by atoms with Gasteiger partial charge in [0.25, 0.3) is 0 Å². The molecule has 0 spiro atoms. The molecule has 2 N–H and O–H groups in total. The van der Waals surface area contributed by atoms with Gasteiger partial charge in [0, 0.05) is 22.6 Å². The predicted molar refractivity (Wildman–Crippen MR) is 76.8 cm³/mol. The van der Waals surface area contributed by atoms with Crippen LogP contribution >= 0.6 is 15.9 Å². The summed E-state index contributed by atoms with van der Waals surface area (Å²) in [5.41, 5.74) is 8.98. The standard InChI is InChI=1S/C14H15BrN2O/c1-18-12-4-5-13(15)10(8-12)2-3-11-9-17-7-6-14(11)16/h4-9H,2-3H2,1H3,(H2,16,17).